The molecular weight excluding hydrogens is 468 g/mol. The van der Waals surface area contributed by atoms with E-state index in [-0.39, 0.29) is 30.1 Å². The maximum atomic E-state index is 13.7. The summed E-state index contributed by atoms with van der Waals surface area (Å²) in [5, 5.41) is 10.0. The number of benzene rings is 2. The predicted molar refractivity (Wildman–Crippen MR) is 134 cm³/mol. The van der Waals surface area contributed by atoms with E-state index in [4.69, 9.17) is 9.72 Å². The average molecular weight is 496 g/mol. The van der Waals surface area contributed by atoms with Gasteiger partial charge in [0.15, 0.2) is 0 Å². The van der Waals surface area contributed by atoms with Gasteiger partial charge in [-0.3, -0.25) is 9.78 Å². The van der Waals surface area contributed by atoms with Gasteiger partial charge in [0.05, 0.1) is 24.9 Å². The molecule has 0 spiro atoms. The van der Waals surface area contributed by atoms with Crippen LogP contribution in [0.5, 0.6) is 0 Å². The Hall–Kier alpha value is -3.25. The van der Waals surface area contributed by atoms with Crippen molar-refractivity contribution in [3.8, 4) is 22.4 Å². The van der Waals surface area contributed by atoms with Crippen molar-refractivity contribution in [3.05, 3.63) is 84.3 Å². The lowest BCUT2D eigenvalue weighted by Crippen LogP contribution is -2.18. The van der Waals surface area contributed by atoms with Crippen molar-refractivity contribution in [2.45, 2.75) is 32.3 Å². The fourth-order valence-electron chi connectivity index (χ4n) is 3.62. The van der Waals surface area contributed by atoms with Crippen LogP contribution in [0.3, 0.4) is 0 Å². The van der Waals surface area contributed by atoms with E-state index in [1.165, 1.54) is 19.2 Å². The molecule has 0 bridgehead atoms. The predicted octanol–water partition coefficient (Wildman–Crippen LogP) is 6.33. The third-order valence-corrected chi connectivity index (χ3v) is 6.43. The topological polar surface area (TPSA) is 85.7 Å². The Morgan fingerprint density at radius 3 is 2.37 bits per heavy atom. The lowest BCUT2D eigenvalue weighted by Gasteiger charge is -2.20. The first-order chi connectivity index (χ1) is 16.7. The van der Waals surface area contributed by atoms with Gasteiger partial charge in [-0.05, 0) is 39.8 Å². The number of esters is 1. The fraction of sp³-hybridized carbons (Fsp3) is 0.259. The van der Waals surface area contributed by atoms with Crippen LogP contribution in [0.25, 0.3) is 28.1 Å². The first-order valence-electron chi connectivity index (χ1n) is 11.1. The second kappa shape index (κ2) is 11.9. The van der Waals surface area contributed by atoms with E-state index in [2.05, 4.69) is 11.1 Å². The molecule has 182 valence electrons. The van der Waals surface area contributed by atoms with Gasteiger partial charge in [-0.15, -0.1) is 4.52 Å². The number of pyridine rings is 1. The highest BCUT2D eigenvalue weighted by molar-refractivity contribution is 7.39. The Morgan fingerprint density at radius 2 is 1.77 bits per heavy atom. The number of ether oxygens (including phenoxy) is 1. The van der Waals surface area contributed by atoms with E-state index in [1.807, 2.05) is 50.2 Å². The number of carbonyl (C=O) groups excluding carboxylic acids is 1. The Bertz CT molecular complexity index is 1210. The summed E-state index contributed by atoms with van der Waals surface area (Å²) in [6.45, 7) is 7.91. The minimum absolute atomic E-state index is 0.0559. The molecule has 2 unspecified atom stereocenters. The summed E-state index contributed by atoms with van der Waals surface area (Å²) in [6.07, 6.45) is -1.74. The van der Waals surface area contributed by atoms with Crippen LogP contribution in [0.4, 0.5) is 4.39 Å². The molecule has 1 N–H and O–H groups in total. The SMILES string of the molecule is C=C(OC(=O)CC(O)C[P+](=O)OC)c1c(-c2ccc(F)cc2)cc(-c2ccccc2)nc1C(C)C. The second-order valence-corrected chi connectivity index (χ2v) is 9.69. The van der Waals surface area contributed by atoms with Gasteiger partial charge in [-0.2, -0.15) is 0 Å². The van der Waals surface area contributed by atoms with Crippen LogP contribution in [0.2, 0.25) is 0 Å². The maximum Gasteiger partial charge on any atom is 0.510 e. The molecule has 6 nitrogen and oxygen atoms in total. The van der Waals surface area contributed by atoms with Crippen molar-refractivity contribution in [1.29, 1.82) is 0 Å². The number of rotatable bonds is 10. The van der Waals surface area contributed by atoms with E-state index >= 15 is 0 Å². The van der Waals surface area contributed by atoms with Crippen LogP contribution in [0, 0.1) is 5.82 Å². The number of aliphatic hydroxyl groups excluding tert-OH is 1. The smallest absolute Gasteiger partial charge is 0.426 e. The quantitative estimate of drug-likeness (QED) is 0.201. The molecule has 8 heteroatoms. The van der Waals surface area contributed by atoms with Gasteiger partial charge in [0, 0.05) is 11.1 Å². The van der Waals surface area contributed by atoms with Crippen LogP contribution in [-0.4, -0.2) is 35.4 Å². The molecule has 0 aliphatic rings. The number of hydrogen-bond donors (Lipinski definition) is 1. The standard InChI is InChI=1S/C27H28FNO5P/c1-17(2)27-26(18(3)34-25(31)14-22(30)16-35(32)33-4)23(19-10-12-21(28)13-11-19)15-24(29-27)20-8-6-5-7-9-20/h5-13,15,17,22,30H,3,14,16H2,1-2,4H3/q+1. The Balaban J connectivity index is 2.04. The van der Waals surface area contributed by atoms with Crippen LogP contribution in [0.15, 0.2) is 67.2 Å². The molecular formula is C27H28FNO5P+. The summed E-state index contributed by atoms with van der Waals surface area (Å²) in [5.74, 6) is -1.09. The summed E-state index contributed by atoms with van der Waals surface area (Å²) in [5.41, 5.74) is 4.20. The van der Waals surface area contributed by atoms with Crippen molar-refractivity contribution in [2.24, 2.45) is 0 Å². The largest absolute Gasteiger partial charge is 0.510 e. The molecule has 2 aromatic carbocycles. The van der Waals surface area contributed by atoms with Gasteiger partial charge in [0.1, 0.15) is 17.7 Å². The molecule has 3 rings (SSSR count). The summed E-state index contributed by atoms with van der Waals surface area (Å²) in [7, 11) is -0.795. The molecule has 2 atom stereocenters. The van der Waals surface area contributed by atoms with Crippen molar-refractivity contribution in [2.75, 3.05) is 13.3 Å². The van der Waals surface area contributed by atoms with Crippen LogP contribution in [0.1, 0.15) is 37.4 Å². The van der Waals surface area contributed by atoms with Crippen molar-refractivity contribution >= 4 is 19.8 Å². The first-order valence-corrected chi connectivity index (χ1v) is 12.5. The van der Waals surface area contributed by atoms with Crippen molar-refractivity contribution in [3.63, 3.8) is 0 Å². The van der Waals surface area contributed by atoms with Crippen LogP contribution >= 0.6 is 8.03 Å². The second-order valence-electron chi connectivity index (χ2n) is 8.30. The summed E-state index contributed by atoms with van der Waals surface area (Å²) in [4.78, 5) is 17.4. The average Bonchev–Trinajstić information content (AvgIpc) is 2.83. The molecule has 35 heavy (non-hydrogen) atoms. The van der Waals surface area contributed by atoms with Gasteiger partial charge in [-0.25, -0.2) is 4.39 Å². The minimum Gasteiger partial charge on any atom is -0.426 e. The molecule has 0 amide bonds. The third kappa shape index (κ3) is 6.89. The first kappa shape index (κ1) is 26.4. The number of aliphatic hydroxyl groups is 1. The van der Waals surface area contributed by atoms with Gasteiger partial charge >= 0.3 is 14.0 Å². The van der Waals surface area contributed by atoms with Crippen LogP contribution in [-0.2, 0) is 18.6 Å². The number of halogens is 1. The van der Waals surface area contributed by atoms with E-state index < -0.39 is 20.1 Å². The van der Waals surface area contributed by atoms with Gasteiger partial charge < -0.3 is 9.84 Å². The Labute approximate surface area is 205 Å². The maximum absolute atomic E-state index is 13.7. The Morgan fingerprint density at radius 1 is 1.11 bits per heavy atom. The number of hydrogen-bond acceptors (Lipinski definition) is 6. The normalized spacial score (nSPS) is 12.3. The highest BCUT2D eigenvalue weighted by atomic mass is 31.1. The highest BCUT2D eigenvalue weighted by Crippen LogP contribution is 2.37. The van der Waals surface area contributed by atoms with Crippen molar-refractivity contribution in [1.82, 2.24) is 4.98 Å². The molecule has 1 aromatic heterocycles. The number of nitrogens with zero attached hydrogens (tertiary/aromatic N) is 1. The lowest BCUT2D eigenvalue weighted by molar-refractivity contribution is -0.138. The van der Waals surface area contributed by atoms with E-state index in [1.54, 1.807) is 12.1 Å². The highest BCUT2D eigenvalue weighted by Gasteiger charge is 2.27. The lowest BCUT2D eigenvalue weighted by atomic mass is 9.91. The van der Waals surface area contributed by atoms with E-state index in [0.717, 1.165) is 11.3 Å². The summed E-state index contributed by atoms with van der Waals surface area (Å²) >= 11 is 0. The number of aromatic nitrogens is 1. The molecule has 0 saturated carbocycles. The molecule has 0 aliphatic carbocycles. The fourth-order valence-corrected chi connectivity index (χ4v) is 4.25. The van der Waals surface area contributed by atoms with Gasteiger partial charge in [0.25, 0.3) is 0 Å². The third-order valence-electron chi connectivity index (χ3n) is 5.30. The molecule has 3 aromatic rings. The van der Waals surface area contributed by atoms with E-state index in [9.17, 15) is 18.9 Å². The summed E-state index contributed by atoms with van der Waals surface area (Å²) < 4.78 is 35.3. The van der Waals surface area contributed by atoms with Crippen LogP contribution < -0.4 is 0 Å². The van der Waals surface area contributed by atoms with E-state index in [0.29, 0.717) is 22.4 Å². The van der Waals surface area contributed by atoms with Gasteiger partial charge in [0.2, 0.25) is 6.16 Å². The number of carbonyl (C=O) groups is 1. The molecule has 0 saturated heterocycles. The monoisotopic (exact) mass is 496 g/mol. The summed E-state index contributed by atoms with van der Waals surface area (Å²) in [6, 6.07) is 17.5. The zero-order valence-corrected chi connectivity index (χ0v) is 20.8. The molecule has 1 heterocycles. The zero-order chi connectivity index (χ0) is 25.5. The van der Waals surface area contributed by atoms with Crippen molar-refractivity contribution < 1.29 is 28.1 Å². The molecule has 0 aliphatic heterocycles. The minimum atomic E-state index is -2.06. The van der Waals surface area contributed by atoms with Gasteiger partial charge in [-0.1, -0.05) is 62.9 Å². The molecule has 0 radical (unpaired) electrons. The molecule has 0 fully saturated rings. The zero-order valence-electron chi connectivity index (χ0n) is 19.9. The Kier molecular flexibility index (Phi) is 8.99.